The molecule has 1 amide bonds. The Morgan fingerprint density at radius 3 is 2.23 bits per heavy atom. The molecule has 44 heavy (non-hydrogen) atoms. The summed E-state index contributed by atoms with van der Waals surface area (Å²) in [6.45, 7) is 11.6. The zero-order valence-corrected chi connectivity index (χ0v) is 27.4. The molecule has 0 radical (unpaired) electrons. The molecule has 1 aromatic carbocycles. The molecule has 236 valence electrons. The highest BCUT2D eigenvalue weighted by Crippen LogP contribution is 2.27. The maximum absolute atomic E-state index is 13.2. The van der Waals surface area contributed by atoms with Gasteiger partial charge in [-0.1, -0.05) is 42.5 Å². The number of ether oxygens (including phenoxy) is 3. The summed E-state index contributed by atoms with van der Waals surface area (Å²) in [7, 11) is 0. The fourth-order valence-corrected chi connectivity index (χ4v) is 4.83. The molecule has 2 aromatic heterocycles. The molecule has 3 aromatic rings. The van der Waals surface area contributed by atoms with Gasteiger partial charge in [0.05, 0.1) is 29.6 Å². The van der Waals surface area contributed by atoms with Crippen molar-refractivity contribution in [2.75, 3.05) is 6.61 Å². The zero-order chi connectivity index (χ0) is 32.7. The molecule has 2 heterocycles. The second kappa shape index (κ2) is 14.7. The summed E-state index contributed by atoms with van der Waals surface area (Å²) in [5.41, 5.74) is 0.569. The summed E-state index contributed by atoms with van der Waals surface area (Å²) in [6.07, 6.45) is -0.669. The van der Waals surface area contributed by atoms with E-state index in [4.69, 9.17) is 26.4 Å². The lowest BCUT2D eigenvalue weighted by Crippen LogP contribution is -2.46. The predicted molar refractivity (Wildman–Crippen MR) is 170 cm³/mol. The van der Waals surface area contributed by atoms with Gasteiger partial charge < -0.3 is 30.0 Å². The maximum Gasteiger partial charge on any atom is 0.408 e. The predicted octanol–water partition coefficient (Wildman–Crippen LogP) is 5.12. The van der Waals surface area contributed by atoms with Gasteiger partial charge in [-0.3, -0.25) is 0 Å². The smallest absolute Gasteiger partial charge is 0.408 e. The average Bonchev–Trinajstić information content (AvgIpc) is 3.43. The van der Waals surface area contributed by atoms with Gasteiger partial charge in [0.25, 0.3) is 0 Å². The van der Waals surface area contributed by atoms with Gasteiger partial charge in [-0.2, -0.15) is 0 Å². The first kappa shape index (κ1) is 34.5. The third kappa shape index (κ3) is 10.4. The Balaban J connectivity index is 1.86. The van der Waals surface area contributed by atoms with Crippen LogP contribution in [0.5, 0.6) is 0 Å². The van der Waals surface area contributed by atoms with E-state index in [2.05, 4.69) is 20.6 Å². The minimum absolute atomic E-state index is 0.0627. The van der Waals surface area contributed by atoms with Crippen molar-refractivity contribution in [3.05, 3.63) is 70.4 Å². The van der Waals surface area contributed by atoms with Crippen molar-refractivity contribution in [3.8, 4) is 10.7 Å². The molecule has 3 N–H and O–H groups in total. The minimum Gasteiger partial charge on any atom is -0.458 e. The average molecular weight is 643 g/mol. The van der Waals surface area contributed by atoms with Crippen LogP contribution in [0.2, 0.25) is 0 Å². The van der Waals surface area contributed by atoms with E-state index < -0.39 is 47.9 Å². The lowest BCUT2D eigenvalue weighted by Gasteiger charge is -2.23. The number of hydrogen-bond acceptors (Lipinski definition) is 11. The fraction of sp³-hybridized carbons (Fsp3) is 0.419. The first-order valence-electron chi connectivity index (χ1n) is 13.9. The number of thiocarbonyl (C=S) groups is 1. The number of nitrogens with zero attached hydrogens (tertiary/aromatic N) is 2. The quantitative estimate of drug-likeness (QED) is 0.154. The van der Waals surface area contributed by atoms with E-state index in [-0.39, 0.29) is 22.9 Å². The lowest BCUT2D eigenvalue weighted by atomic mass is 10.1. The van der Waals surface area contributed by atoms with Gasteiger partial charge in [0.2, 0.25) is 0 Å². The number of hydrogen-bond donors (Lipinski definition) is 3. The Kier molecular flexibility index (Phi) is 11.5. The van der Waals surface area contributed by atoms with Crippen molar-refractivity contribution in [2.45, 2.75) is 78.4 Å². The largest absolute Gasteiger partial charge is 0.458 e. The van der Waals surface area contributed by atoms with Crippen LogP contribution in [0.3, 0.4) is 0 Å². The highest BCUT2D eigenvalue weighted by molar-refractivity contribution is 7.80. The van der Waals surface area contributed by atoms with Crippen LogP contribution in [-0.4, -0.2) is 61.9 Å². The van der Waals surface area contributed by atoms with Crippen LogP contribution in [0, 0.1) is 0 Å². The van der Waals surface area contributed by atoms with E-state index >= 15 is 0 Å². The lowest BCUT2D eigenvalue weighted by molar-refractivity contribution is -0.158. The summed E-state index contributed by atoms with van der Waals surface area (Å²) in [5.74, 6) is -1.26. The van der Waals surface area contributed by atoms with Crippen LogP contribution >= 0.6 is 23.6 Å². The number of aliphatic hydroxyl groups is 1. The zero-order valence-electron chi connectivity index (χ0n) is 25.8. The molecule has 0 saturated carbocycles. The summed E-state index contributed by atoms with van der Waals surface area (Å²) in [4.78, 5) is 47.5. The van der Waals surface area contributed by atoms with E-state index in [9.17, 15) is 19.5 Å². The van der Waals surface area contributed by atoms with Crippen LogP contribution in [0.15, 0.2) is 47.8 Å². The van der Waals surface area contributed by atoms with Gasteiger partial charge in [0.1, 0.15) is 39.5 Å². The molecule has 0 unspecified atom stereocenters. The molecule has 0 fully saturated rings. The van der Waals surface area contributed by atoms with Crippen LogP contribution < -0.4 is 10.6 Å². The standard InChI is InChI=1S/C31H38N4O7S2/c1-18(32-29(39)42-31(5,6)7)24-20(27(37)40-16-19-11-9-8-10-12-19)13-14-21(33-24)26-35-23(17-44-26)25(43)34-22(15-36)28(38)41-30(2,3)4/h8-14,17-18,22,36H,15-16H2,1-7H3,(H,32,39)(H,34,43)/t18-,22+/m1/s1. The second-order valence-electron chi connectivity index (χ2n) is 11.8. The van der Waals surface area contributed by atoms with Gasteiger partial charge >= 0.3 is 18.0 Å². The number of amides is 1. The number of rotatable bonds is 10. The van der Waals surface area contributed by atoms with Crippen LogP contribution in [0.1, 0.15) is 81.8 Å². The van der Waals surface area contributed by atoms with E-state index in [1.807, 2.05) is 30.3 Å². The minimum atomic E-state index is -1.07. The van der Waals surface area contributed by atoms with Crippen molar-refractivity contribution in [1.82, 2.24) is 20.6 Å². The highest BCUT2D eigenvalue weighted by atomic mass is 32.1. The van der Waals surface area contributed by atoms with Gasteiger partial charge in [0, 0.05) is 5.38 Å². The number of carbonyl (C=O) groups is 3. The molecule has 0 aliphatic carbocycles. The first-order chi connectivity index (χ1) is 20.6. The van der Waals surface area contributed by atoms with E-state index in [0.717, 1.165) is 5.56 Å². The number of esters is 2. The molecule has 0 saturated heterocycles. The SMILES string of the molecule is C[C@@H](NC(=O)OC(C)(C)C)c1nc(-c2nc(C(=S)N[C@@H](CO)C(=O)OC(C)(C)C)cs2)ccc1C(=O)OCc1ccccc1. The van der Waals surface area contributed by atoms with E-state index in [1.54, 1.807) is 66.0 Å². The van der Waals surface area contributed by atoms with Gasteiger partial charge in [-0.05, 0) is 66.2 Å². The fourth-order valence-electron chi connectivity index (χ4n) is 3.73. The van der Waals surface area contributed by atoms with E-state index in [1.165, 1.54) is 11.3 Å². The number of carbonyl (C=O) groups excluding carboxylic acids is 3. The van der Waals surface area contributed by atoms with Crippen molar-refractivity contribution < 1.29 is 33.7 Å². The molecule has 13 heteroatoms. The number of alkyl carbamates (subject to hydrolysis) is 1. The molecule has 2 atom stereocenters. The summed E-state index contributed by atoms with van der Waals surface area (Å²) >= 11 is 6.68. The van der Waals surface area contributed by atoms with Crippen LogP contribution in [0.25, 0.3) is 10.7 Å². The van der Waals surface area contributed by atoms with Gasteiger partial charge in [0.15, 0.2) is 0 Å². The third-order valence-corrected chi connectivity index (χ3v) is 6.83. The number of nitrogens with one attached hydrogen (secondary N) is 2. The number of aromatic nitrogens is 2. The summed E-state index contributed by atoms with van der Waals surface area (Å²) in [6, 6.07) is 10.7. The molecular weight excluding hydrogens is 604 g/mol. The molecule has 0 spiro atoms. The number of pyridine rings is 1. The van der Waals surface area contributed by atoms with Crippen molar-refractivity contribution in [2.24, 2.45) is 0 Å². The van der Waals surface area contributed by atoms with Crippen LogP contribution in [-0.2, 0) is 25.6 Å². The van der Waals surface area contributed by atoms with Crippen molar-refractivity contribution in [1.29, 1.82) is 0 Å². The molecule has 3 rings (SSSR count). The van der Waals surface area contributed by atoms with Crippen molar-refractivity contribution >= 4 is 46.6 Å². The highest BCUT2D eigenvalue weighted by Gasteiger charge is 2.27. The number of benzene rings is 1. The topological polar surface area (TPSA) is 149 Å². The van der Waals surface area contributed by atoms with E-state index in [0.29, 0.717) is 16.4 Å². The Hall–Kier alpha value is -3.94. The van der Waals surface area contributed by atoms with Crippen LogP contribution in [0.4, 0.5) is 4.79 Å². The molecule has 0 aliphatic heterocycles. The molecule has 0 aliphatic rings. The first-order valence-corrected chi connectivity index (χ1v) is 15.2. The maximum atomic E-state index is 13.2. The molecular formula is C31H38N4O7S2. The third-order valence-electron chi connectivity index (χ3n) is 5.64. The normalized spacial score (nSPS) is 12.9. The number of aliphatic hydroxyl groups excluding tert-OH is 1. The Bertz CT molecular complexity index is 1480. The Morgan fingerprint density at radius 1 is 0.955 bits per heavy atom. The molecule has 11 nitrogen and oxygen atoms in total. The Morgan fingerprint density at radius 2 is 1.61 bits per heavy atom. The van der Waals surface area contributed by atoms with Crippen molar-refractivity contribution in [3.63, 3.8) is 0 Å². The summed E-state index contributed by atoms with van der Waals surface area (Å²) < 4.78 is 16.3. The monoisotopic (exact) mass is 642 g/mol. The van der Waals surface area contributed by atoms with Gasteiger partial charge in [-0.25, -0.2) is 24.4 Å². The molecule has 0 bridgehead atoms. The Labute approximate surface area is 266 Å². The second-order valence-corrected chi connectivity index (χ2v) is 13.1. The number of thiazole rings is 1. The summed E-state index contributed by atoms with van der Waals surface area (Å²) in [5, 5.41) is 17.4. The van der Waals surface area contributed by atoms with Gasteiger partial charge in [-0.15, -0.1) is 11.3 Å².